The van der Waals surface area contributed by atoms with Crippen LogP contribution in [0, 0.1) is 0 Å². The van der Waals surface area contributed by atoms with Crippen LogP contribution in [0.3, 0.4) is 0 Å². The minimum atomic E-state index is -0.154. The molecule has 27 heavy (non-hydrogen) atoms. The molecule has 4 fully saturated rings. The van der Waals surface area contributed by atoms with Crippen molar-refractivity contribution in [2.45, 2.75) is 49.2 Å². The van der Waals surface area contributed by atoms with Gasteiger partial charge in [-0.25, -0.2) is 0 Å². The van der Waals surface area contributed by atoms with Gasteiger partial charge in [0, 0.05) is 17.2 Å². The van der Waals surface area contributed by atoms with Crippen molar-refractivity contribution in [3.63, 3.8) is 0 Å². The highest BCUT2D eigenvalue weighted by Gasteiger charge is 2.71. The molecule has 1 aromatic heterocycles. The van der Waals surface area contributed by atoms with E-state index in [2.05, 4.69) is 15.5 Å². The van der Waals surface area contributed by atoms with Gasteiger partial charge in [0.1, 0.15) is 11.9 Å². The molecule has 142 valence electrons. The molecule has 6 rings (SSSR count). The standard InChI is InChI=1S/C19H20ClN3O4/c20-12-3-5-13(6-4-12)26-8-15(24)21-19-9-18(10-19,11-19)17-23-22-16(27-17)14-2-1-7-25-14/h3-6,14H,1-2,7-11H2,(H,21,24)/t14-,18?,19?/m1/s1. The summed E-state index contributed by atoms with van der Waals surface area (Å²) >= 11 is 5.84. The largest absolute Gasteiger partial charge is 0.484 e. The Kier molecular flexibility index (Phi) is 3.91. The number of hydrogen-bond acceptors (Lipinski definition) is 6. The number of carbonyl (C=O) groups excluding carboxylic acids is 1. The van der Waals surface area contributed by atoms with Crippen molar-refractivity contribution < 1.29 is 18.7 Å². The molecular formula is C19H20ClN3O4. The number of rotatable bonds is 6. The summed E-state index contributed by atoms with van der Waals surface area (Å²) in [5.74, 6) is 1.77. The van der Waals surface area contributed by atoms with Gasteiger partial charge in [0.15, 0.2) is 6.61 Å². The zero-order chi connectivity index (χ0) is 18.5. The highest BCUT2D eigenvalue weighted by atomic mass is 35.5. The third kappa shape index (κ3) is 2.99. The number of nitrogens with one attached hydrogen (secondary N) is 1. The zero-order valence-corrected chi connectivity index (χ0v) is 15.5. The fourth-order valence-electron chi connectivity index (χ4n) is 4.51. The predicted molar refractivity (Wildman–Crippen MR) is 95.6 cm³/mol. The Balaban J connectivity index is 1.13. The Morgan fingerprint density at radius 1 is 1.26 bits per heavy atom. The van der Waals surface area contributed by atoms with E-state index in [0.717, 1.165) is 38.7 Å². The Bertz CT molecular complexity index is 840. The Morgan fingerprint density at radius 2 is 2.04 bits per heavy atom. The van der Waals surface area contributed by atoms with E-state index in [1.54, 1.807) is 24.3 Å². The number of carbonyl (C=O) groups is 1. The van der Waals surface area contributed by atoms with Gasteiger partial charge in [0.2, 0.25) is 11.8 Å². The van der Waals surface area contributed by atoms with Crippen LogP contribution in [-0.4, -0.2) is 34.9 Å². The highest BCUT2D eigenvalue weighted by molar-refractivity contribution is 6.30. The van der Waals surface area contributed by atoms with Crippen molar-refractivity contribution >= 4 is 17.5 Å². The maximum Gasteiger partial charge on any atom is 0.258 e. The van der Waals surface area contributed by atoms with Crippen molar-refractivity contribution in [2.75, 3.05) is 13.2 Å². The van der Waals surface area contributed by atoms with Crippen LogP contribution in [0.4, 0.5) is 0 Å². The molecule has 1 N–H and O–H groups in total. The van der Waals surface area contributed by atoms with Crippen LogP contribution in [0.15, 0.2) is 28.7 Å². The lowest BCUT2D eigenvalue weighted by atomic mass is 9.39. The van der Waals surface area contributed by atoms with E-state index in [0.29, 0.717) is 22.6 Å². The van der Waals surface area contributed by atoms with Crippen molar-refractivity contribution in [3.05, 3.63) is 41.1 Å². The molecule has 7 nitrogen and oxygen atoms in total. The number of amides is 1. The first-order valence-electron chi connectivity index (χ1n) is 9.21. The second-order valence-corrected chi connectivity index (χ2v) is 8.27. The summed E-state index contributed by atoms with van der Waals surface area (Å²) in [4.78, 5) is 12.2. The molecule has 1 aliphatic heterocycles. The molecule has 1 saturated heterocycles. The fraction of sp³-hybridized carbons (Fsp3) is 0.526. The average Bonchev–Trinajstić information content (AvgIpc) is 3.27. The second kappa shape index (κ2) is 6.21. The molecule has 1 atom stereocenters. The minimum absolute atomic E-state index is 0.0138. The van der Waals surface area contributed by atoms with Crippen molar-refractivity contribution in [1.82, 2.24) is 15.5 Å². The molecule has 1 amide bonds. The van der Waals surface area contributed by atoms with Gasteiger partial charge < -0.3 is 19.2 Å². The lowest BCUT2D eigenvalue weighted by Gasteiger charge is -2.68. The van der Waals surface area contributed by atoms with Crippen LogP contribution < -0.4 is 10.1 Å². The first-order chi connectivity index (χ1) is 13.1. The van der Waals surface area contributed by atoms with Crippen LogP contribution in [-0.2, 0) is 14.9 Å². The van der Waals surface area contributed by atoms with Gasteiger partial charge in [-0.2, -0.15) is 0 Å². The summed E-state index contributed by atoms with van der Waals surface area (Å²) in [7, 11) is 0. The normalized spacial score (nSPS) is 31.1. The summed E-state index contributed by atoms with van der Waals surface area (Å²) < 4.78 is 17.0. The van der Waals surface area contributed by atoms with Crippen molar-refractivity contribution in [1.29, 1.82) is 0 Å². The van der Waals surface area contributed by atoms with Gasteiger partial charge in [-0.3, -0.25) is 4.79 Å². The van der Waals surface area contributed by atoms with Crippen molar-refractivity contribution in [2.24, 2.45) is 0 Å². The van der Waals surface area contributed by atoms with E-state index >= 15 is 0 Å². The molecule has 2 bridgehead atoms. The van der Waals surface area contributed by atoms with E-state index in [-0.39, 0.29) is 29.6 Å². The van der Waals surface area contributed by atoms with Gasteiger partial charge in [-0.1, -0.05) is 11.6 Å². The van der Waals surface area contributed by atoms with E-state index in [1.807, 2.05) is 0 Å². The molecule has 2 heterocycles. The van der Waals surface area contributed by atoms with Gasteiger partial charge >= 0.3 is 0 Å². The Morgan fingerprint density at radius 3 is 2.74 bits per heavy atom. The lowest BCUT2D eigenvalue weighted by molar-refractivity contribution is -0.143. The zero-order valence-electron chi connectivity index (χ0n) is 14.7. The number of ether oxygens (including phenoxy) is 2. The molecule has 1 aromatic carbocycles. The van der Waals surface area contributed by atoms with Crippen LogP contribution in [0.1, 0.15) is 50.0 Å². The molecule has 8 heteroatoms. The third-order valence-corrected chi connectivity index (χ3v) is 5.97. The molecule has 0 unspecified atom stereocenters. The molecular weight excluding hydrogens is 370 g/mol. The molecule has 0 radical (unpaired) electrons. The van der Waals surface area contributed by atoms with E-state index in [1.165, 1.54) is 0 Å². The average molecular weight is 390 g/mol. The van der Waals surface area contributed by atoms with Gasteiger partial charge in [-0.05, 0) is 56.4 Å². The number of nitrogens with zero attached hydrogens (tertiary/aromatic N) is 2. The lowest BCUT2D eigenvalue weighted by Crippen LogP contribution is -2.77. The molecule has 4 aliphatic rings. The molecule has 3 saturated carbocycles. The minimum Gasteiger partial charge on any atom is -0.484 e. The van der Waals surface area contributed by atoms with E-state index < -0.39 is 0 Å². The summed E-state index contributed by atoms with van der Waals surface area (Å²) in [6, 6.07) is 6.95. The maximum absolute atomic E-state index is 12.2. The van der Waals surface area contributed by atoms with Gasteiger partial charge in [0.25, 0.3) is 5.91 Å². The van der Waals surface area contributed by atoms with Crippen molar-refractivity contribution in [3.8, 4) is 5.75 Å². The SMILES string of the molecule is O=C(COc1ccc(Cl)cc1)NC12CC(c3nnc([C@H]4CCCO4)o3)(C1)C2. The number of halogens is 1. The highest BCUT2D eigenvalue weighted by Crippen LogP contribution is 2.67. The Hall–Kier alpha value is -2.12. The van der Waals surface area contributed by atoms with Gasteiger partial charge in [0.05, 0.1) is 5.41 Å². The van der Waals surface area contributed by atoms with Crippen LogP contribution in [0.5, 0.6) is 5.75 Å². The first kappa shape index (κ1) is 17.0. The number of aromatic nitrogens is 2. The van der Waals surface area contributed by atoms with E-state index in [9.17, 15) is 4.79 Å². The summed E-state index contributed by atoms with van der Waals surface area (Å²) in [5.41, 5.74) is -0.229. The van der Waals surface area contributed by atoms with Crippen LogP contribution >= 0.6 is 11.6 Å². The summed E-state index contributed by atoms with van der Waals surface area (Å²) in [6.45, 7) is 0.737. The molecule has 2 aromatic rings. The third-order valence-electron chi connectivity index (χ3n) is 5.72. The van der Waals surface area contributed by atoms with E-state index in [4.69, 9.17) is 25.5 Å². The summed E-state index contributed by atoms with van der Waals surface area (Å²) in [5, 5.41) is 12.1. The Labute approximate surface area is 161 Å². The van der Waals surface area contributed by atoms with Gasteiger partial charge in [-0.15, -0.1) is 10.2 Å². The summed E-state index contributed by atoms with van der Waals surface area (Å²) in [6.07, 6.45) is 4.40. The van der Waals surface area contributed by atoms with Crippen LogP contribution in [0.25, 0.3) is 0 Å². The first-order valence-corrected chi connectivity index (χ1v) is 9.59. The number of benzene rings is 1. The molecule has 0 spiro atoms. The topological polar surface area (TPSA) is 86.5 Å². The monoisotopic (exact) mass is 389 g/mol. The number of hydrogen-bond donors (Lipinski definition) is 1. The predicted octanol–water partition coefficient (Wildman–Crippen LogP) is 2.94. The molecule has 3 aliphatic carbocycles. The smallest absolute Gasteiger partial charge is 0.258 e. The fourth-order valence-corrected chi connectivity index (χ4v) is 4.64. The van der Waals surface area contributed by atoms with Crippen LogP contribution in [0.2, 0.25) is 5.02 Å². The second-order valence-electron chi connectivity index (χ2n) is 7.83. The quantitative estimate of drug-likeness (QED) is 0.817. The maximum atomic E-state index is 12.2.